The van der Waals surface area contributed by atoms with Gasteiger partial charge >= 0.3 is 6.03 Å². The van der Waals surface area contributed by atoms with Gasteiger partial charge in [-0.1, -0.05) is 57.2 Å². The minimum absolute atomic E-state index is 0.151. The van der Waals surface area contributed by atoms with Crippen LogP contribution in [0.5, 0.6) is 5.75 Å². The van der Waals surface area contributed by atoms with Crippen molar-refractivity contribution in [2.75, 3.05) is 43.9 Å². The van der Waals surface area contributed by atoms with E-state index in [2.05, 4.69) is 118 Å². The molecule has 2 amide bonds. The fourth-order valence-electron chi connectivity index (χ4n) is 8.09. The molecular formula is C42H54N10O2. The Kier molecular flexibility index (Phi) is 9.82. The molecule has 2 aliphatic heterocycles. The second-order valence-corrected chi connectivity index (χ2v) is 16.7. The standard InChI is InChI=1S/C42H54N10O2/c1-28-12-9-10-21-50(28)41-46-45-38-20-17-32(27-51(38)41)54-36-19-18-35(33-15-7-8-16-34(33)36)43-40(53)44-39-23-37(42(2,3)4)47-52(39)30-14-11-13-29(22-30)24-49-25-31(26-49)48(5)6/h7-8,11,13-17,20,22-23,27-28,31,35-36H,9-10,12,18-19,21,24-26H2,1-6H3,(H2,43,44,53)/t28?,35-,36+/m0/s1. The van der Waals surface area contributed by atoms with Crippen molar-refractivity contribution in [1.82, 2.24) is 39.5 Å². The molecule has 2 aromatic carbocycles. The number of likely N-dealkylation sites (tertiary alicyclic amines) is 1. The number of likely N-dealkylation sites (N-methyl/N-ethyl adjacent to an activating group) is 1. The number of urea groups is 1. The van der Waals surface area contributed by atoms with E-state index < -0.39 is 0 Å². The first-order valence-corrected chi connectivity index (χ1v) is 19.5. The van der Waals surface area contributed by atoms with Crippen LogP contribution >= 0.6 is 0 Å². The number of amides is 2. The lowest BCUT2D eigenvalue weighted by atomic mass is 9.85. The Morgan fingerprint density at radius 3 is 2.54 bits per heavy atom. The van der Waals surface area contributed by atoms with Crippen LogP contribution < -0.4 is 20.3 Å². The fraction of sp³-hybridized carbons (Fsp3) is 0.476. The van der Waals surface area contributed by atoms with Crippen LogP contribution in [0.25, 0.3) is 11.3 Å². The Morgan fingerprint density at radius 1 is 0.944 bits per heavy atom. The molecule has 0 radical (unpaired) electrons. The highest BCUT2D eigenvalue weighted by Crippen LogP contribution is 2.39. The number of hydrogen-bond donors (Lipinski definition) is 2. The summed E-state index contributed by atoms with van der Waals surface area (Å²) in [4.78, 5) is 20.9. The highest BCUT2D eigenvalue weighted by atomic mass is 16.5. The summed E-state index contributed by atoms with van der Waals surface area (Å²) in [5.74, 6) is 2.28. The largest absolute Gasteiger partial charge is 0.484 e. The molecule has 3 aliphatic rings. The Labute approximate surface area is 318 Å². The van der Waals surface area contributed by atoms with Crippen LogP contribution in [0, 0.1) is 0 Å². The van der Waals surface area contributed by atoms with Gasteiger partial charge in [0.1, 0.15) is 17.7 Å². The van der Waals surface area contributed by atoms with Crippen LogP contribution in [0.15, 0.2) is 72.9 Å². The van der Waals surface area contributed by atoms with E-state index in [1.165, 1.54) is 12.0 Å². The molecule has 0 saturated carbocycles. The number of nitrogens with zero attached hydrogens (tertiary/aromatic N) is 8. The zero-order valence-corrected chi connectivity index (χ0v) is 32.5. The molecule has 2 saturated heterocycles. The molecule has 3 aromatic heterocycles. The van der Waals surface area contributed by atoms with E-state index in [9.17, 15) is 4.79 Å². The molecule has 3 atom stereocenters. The summed E-state index contributed by atoms with van der Waals surface area (Å²) in [6.45, 7) is 12.7. The highest BCUT2D eigenvalue weighted by molar-refractivity contribution is 5.89. The highest BCUT2D eigenvalue weighted by Gasteiger charge is 2.31. The number of fused-ring (bicyclic) bond motifs is 2. The molecule has 0 bridgehead atoms. The zero-order valence-electron chi connectivity index (χ0n) is 32.5. The monoisotopic (exact) mass is 730 g/mol. The second-order valence-electron chi connectivity index (χ2n) is 16.7. The predicted octanol–water partition coefficient (Wildman–Crippen LogP) is 7.11. The van der Waals surface area contributed by atoms with Crippen molar-refractivity contribution in [1.29, 1.82) is 0 Å². The van der Waals surface area contributed by atoms with Gasteiger partial charge in [-0.25, -0.2) is 9.48 Å². The van der Waals surface area contributed by atoms with E-state index >= 15 is 0 Å². The van der Waals surface area contributed by atoms with Gasteiger partial charge in [-0.15, -0.1) is 10.2 Å². The van der Waals surface area contributed by atoms with Crippen molar-refractivity contribution in [2.45, 2.75) is 96.0 Å². The molecule has 5 heterocycles. The van der Waals surface area contributed by atoms with Gasteiger partial charge in [0, 0.05) is 49.7 Å². The molecule has 54 heavy (non-hydrogen) atoms. The first-order chi connectivity index (χ1) is 26.0. The van der Waals surface area contributed by atoms with Crippen LogP contribution in [-0.4, -0.2) is 86.0 Å². The Hall–Kier alpha value is -4.94. The summed E-state index contributed by atoms with van der Waals surface area (Å²) >= 11 is 0. The van der Waals surface area contributed by atoms with Crippen molar-refractivity contribution in [3.8, 4) is 11.4 Å². The van der Waals surface area contributed by atoms with Gasteiger partial charge in [0.2, 0.25) is 5.95 Å². The molecule has 5 aromatic rings. The van der Waals surface area contributed by atoms with Crippen molar-refractivity contribution in [3.05, 3.63) is 95.3 Å². The van der Waals surface area contributed by atoms with Crippen molar-refractivity contribution in [3.63, 3.8) is 0 Å². The van der Waals surface area contributed by atoms with Crippen molar-refractivity contribution >= 4 is 23.4 Å². The molecule has 12 heteroatoms. The van der Waals surface area contributed by atoms with Crippen LogP contribution in [-0.2, 0) is 12.0 Å². The number of pyridine rings is 1. The molecule has 2 N–H and O–H groups in total. The van der Waals surface area contributed by atoms with Gasteiger partial charge in [0.05, 0.1) is 23.6 Å². The normalized spacial score (nSPS) is 20.9. The Morgan fingerprint density at radius 2 is 1.76 bits per heavy atom. The lowest BCUT2D eigenvalue weighted by Gasteiger charge is -2.42. The minimum Gasteiger partial charge on any atom is -0.484 e. The molecule has 2 fully saturated rings. The summed E-state index contributed by atoms with van der Waals surface area (Å²) < 4.78 is 10.6. The third kappa shape index (κ3) is 7.41. The number of carbonyl (C=O) groups excluding carboxylic acids is 1. The quantitative estimate of drug-likeness (QED) is 0.165. The number of aromatic nitrogens is 5. The van der Waals surface area contributed by atoms with E-state index in [1.807, 2.05) is 41.2 Å². The minimum atomic E-state index is -0.264. The van der Waals surface area contributed by atoms with Crippen molar-refractivity contribution < 1.29 is 9.53 Å². The van der Waals surface area contributed by atoms with Crippen molar-refractivity contribution in [2.24, 2.45) is 0 Å². The SMILES string of the molecule is CC1CCCCN1c1nnc2ccc(O[C@@H]3CC[C@H](NC(=O)Nc4cc(C(C)(C)C)nn4-c4cccc(CN5CC(N(C)C)C5)c4)c4ccccc43)cn12. The smallest absolute Gasteiger partial charge is 0.320 e. The lowest BCUT2D eigenvalue weighted by Crippen LogP contribution is -2.56. The number of benzene rings is 2. The maximum atomic E-state index is 13.8. The van der Waals surface area contributed by atoms with Gasteiger partial charge < -0.3 is 19.9 Å². The van der Waals surface area contributed by atoms with E-state index in [0.717, 1.165) is 91.7 Å². The van der Waals surface area contributed by atoms with Gasteiger partial charge in [-0.3, -0.25) is 14.6 Å². The number of nitrogens with one attached hydrogen (secondary N) is 2. The first-order valence-electron chi connectivity index (χ1n) is 19.5. The Balaban J connectivity index is 0.976. The number of ether oxygens (including phenoxy) is 1. The molecule has 0 spiro atoms. The predicted molar refractivity (Wildman–Crippen MR) is 213 cm³/mol. The van der Waals surface area contributed by atoms with Gasteiger partial charge in [-0.05, 0) is 94.1 Å². The average Bonchev–Trinajstić information content (AvgIpc) is 3.75. The van der Waals surface area contributed by atoms with E-state index in [0.29, 0.717) is 17.9 Å². The zero-order chi connectivity index (χ0) is 37.6. The number of anilines is 2. The fourth-order valence-corrected chi connectivity index (χ4v) is 8.09. The first kappa shape index (κ1) is 36.1. The number of hydrogen-bond acceptors (Lipinski definition) is 8. The number of piperidine rings is 1. The maximum absolute atomic E-state index is 13.8. The summed E-state index contributed by atoms with van der Waals surface area (Å²) in [5, 5.41) is 20.4. The second kappa shape index (κ2) is 14.7. The molecule has 12 nitrogen and oxygen atoms in total. The molecule has 1 aliphatic carbocycles. The van der Waals surface area contributed by atoms with E-state index in [-0.39, 0.29) is 23.6 Å². The average molecular weight is 731 g/mol. The summed E-state index contributed by atoms with van der Waals surface area (Å²) in [7, 11) is 4.29. The van der Waals surface area contributed by atoms with Gasteiger partial charge in [-0.2, -0.15) is 5.10 Å². The van der Waals surface area contributed by atoms with Crippen LogP contribution in [0.3, 0.4) is 0 Å². The molecular weight excluding hydrogens is 677 g/mol. The molecule has 1 unspecified atom stereocenters. The van der Waals surface area contributed by atoms with Crippen LogP contribution in [0.2, 0.25) is 0 Å². The van der Waals surface area contributed by atoms with Crippen LogP contribution in [0.1, 0.15) is 94.3 Å². The summed E-state index contributed by atoms with van der Waals surface area (Å²) in [5.41, 5.74) is 5.82. The summed E-state index contributed by atoms with van der Waals surface area (Å²) in [6, 6.07) is 23.3. The van der Waals surface area contributed by atoms with Gasteiger partial charge in [0.25, 0.3) is 0 Å². The van der Waals surface area contributed by atoms with Crippen LogP contribution in [0.4, 0.5) is 16.6 Å². The summed E-state index contributed by atoms with van der Waals surface area (Å²) in [6.07, 6.45) is 6.92. The van der Waals surface area contributed by atoms with E-state index in [1.54, 1.807) is 0 Å². The molecule has 284 valence electrons. The lowest BCUT2D eigenvalue weighted by molar-refractivity contribution is 0.0574. The number of rotatable bonds is 9. The third-order valence-corrected chi connectivity index (χ3v) is 11.4. The maximum Gasteiger partial charge on any atom is 0.320 e. The number of carbonyl (C=O) groups is 1. The third-order valence-electron chi connectivity index (χ3n) is 11.4. The molecule has 8 rings (SSSR count). The Bertz CT molecular complexity index is 2110. The van der Waals surface area contributed by atoms with E-state index in [4.69, 9.17) is 9.84 Å². The topological polar surface area (TPSA) is 108 Å². The van der Waals surface area contributed by atoms with Gasteiger partial charge in [0.15, 0.2) is 5.65 Å².